The van der Waals surface area contributed by atoms with Gasteiger partial charge in [0.2, 0.25) is 0 Å². The number of hydrogen-bond acceptors (Lipinski definition) is 2. The van der Waals surface area contributed by atoms with Gasteiger partial charge in [-0.25, -0.2) is 4.39 Å². The van der Waals surface area contributed by atoms with Crippen LogP contribution in [0.15, 0.2) is 85.3 Å². The summed E-state index contributed by atoms with van der Waals surface area (Å²) >= 11 is 0. The molecule has 0 aliphatic carbocycles. The third kappa shape index (κ3) is 5.34. The number of halogens is 2. The number of hydrogen-bond donors (Lipinski definition) is 0. The quantitative estimate of drug-likeness (QED) is 0.221. The minimum atomic E-state index is -0.990. The normalized spacial score (nSPS) is 15.2. The van der Waals surface area contributed by atoms with Crippen LogP contribution < -0.4 is 0 Å². The third-order valence-corrected chi connectivity index (χ3v) is 5.99. The first kappa shape index (κ1) is 24.8. The van der Waals surface area contributed by atoms with Crippen molar-refractivity contribution in [2.75, 3.05) is 6.54 Å². The molecule has 0 N–H and O–H groups in total. The molecule has 0 bridgehead atoms. The van der Waals surface area contributed by atoms with Gasteiger partial charge in [0.1, 0.15) is 0 Å². The van der Waals surface area contributed by atoms with E-state index in [-0.39, 0.29) is 26.3 Å². The van der Waals surface area contributed by atoms with E-state index >= 15 is 0 Å². The fourth-order valence-electron chi connectivity index (χ4n) is 4.20. The van der Waals surface area contributed by atoms with E-state index in [2.05, 4.69) is 45.7 Å². The van der Waals surface area contributed by atoms with Crippen LogP contribution in [0.5, 0.6) is 0 Å². The summed E-state index contributed by atoms with van der Waals surface area (Å²) in [5.74, 6) is -1.90. The van der Waals surface area contributed by atoms with Crippen LogP contribution in [0.1, 0.15) is 22.9 Å². The second-order valence-corrected chi connectivity index (χ2v) is 8.20. The fourth-order valence-corrected chi connectivity index (χ4v) is 4.20. The van der Waals surface area contributed by atoms with E-state index in [9.17, 15) is 8.78 Å². The van der Waals surface area contributed by atoms with Crippen molar-refractivity contribution in [2.24, 2.45) is 0 Å². The summed E-state index contributed by atoms with van der Waals surface area (Å²) in [7, 11) is 0. The first-order chi connectivity index (χ1) is 16.6. The molecule has 0 fully saturated rings. The van der Waals surface area contributed by atoms with Gasteiger partial charge in [-0.1, -0.05) is 42.8 Å². The molecule has 176 valence electrons. The van der Waals surface area contributed by atoms with Crippen molar-refractivity contribution in [2.45, 2.75) is 19.5 Å². The molecule has 0 saturated carbocycles. The summed E-state index contributed by atoms with van der Waals surface area (Å²) in [4.78, 5) is 6.55. The average Bonchev–Trinajstić information content (AvgIpc) is 3.37. The van der Waals surface area contributed by atoms with Crippen molar-refractivity contribution in [3.8, 4) is 22.4 Å². The minimum Gasteiger partial charge on any atom is -0.668 e. The van der Waals surface area contributed by atoms with Crippen molar-refractivity contribution in [3.63, 3.8) is 0 Å². The van der Waals surface area contributed by atoms with Crippen molar-refractivity contribution in [1.29, 1.82) is 0 Å². The summed E-state index contributed by atoms with van der Waals surface area (Å²) in [6.07, 6.45) is 7.01. The molecule has 2 aliphatic rings. The van der Waals surface area contributed by atoms with Gasteiger partial charge < -0.3 is 15.2 Å². The maximum absolute atomic E-state index is 13.3. The SMILES string of the molecule is Cc1cnc(-c2[c-]c(F)c(F)cc2)cc1-c1ccccc1.[Ir+3].[c-]1cccc2c1C1[N-]C=CN1CC2. The number of pyridine rings is 1. The molecule has 3 heterocycles. The molecular formula is C29H22F2IrN3. The molecule has 6 heteroatoms. The minimum absolute atomic E-state index is 0. The van der Waals surface area contributed by atoms with Crippen LogP contribution in [0.2, 0.25) is 0 Å². The van der Waals surface area contributed by atoms with Gasteiger partial charge in [-0.05, 0) is 41.7 Å². The standard InChI is InChI=1S/C18H12F2N.C11H10N2.Ir/c1-12-11-21-18(14-7-8-16(19)17(20)9-14)10-15(12)13-5-3-2-4-6-13;1-2-4-10-9(3-1)5-7-13-8-6-12-11(10)13;/h2-8,10-11H,1H3;1-3,6,8,11H,5,7H2;/q-1;-2;+3. The van der Waals surface area contributed by atoms with Gasteiger partial charge in [0, 0.05) is 12.7 Å². The molecule has 4 aromatic rings. The second-order valence-electron chi connectivity index (χ2n) is 8.20. The smallest absolute Gasteiger partial charge is 0.668 e. The topological polar surface area (TPSA) is 30.2 Å². The summed E-state index contributed by atoms with van der Waals surface area (Å²) in [5, 5.41) is 4.41. The molecule has 6 rings (SSSR count). The van der Waals surface area contributed by atoms with Crippen molar-refractivity contribution < 1.29 is 28.9 Å². The Balaban J connectivity index is 0.000000177. The predicted octanol–water partition coefficient (Wildman–Crippen LogP) is 7.00. The number of aromatic nitrogens is 1. The maximum Gasteiger partial charge on any atom is 3.00 e. The largest absolute Gasteiger partial charge is 3.00 e. The molecule has 1 atom stereocenters. The molecule has 0 amide bonds. The molecular weight excluding hydrogens is 621 g/mol. The second kappa shape index (κ2) is 10.9. The van der Waals surface area contributed by atoms with E-state index in [1.54, 1.807) is 6.20 Å². The van der Waals surface area contributed by atoms with Crippen LogP contribution in [0.25, 0.3) is 27.7 Å². The van der Waals surface area contributed by atoms with Crippen LogP contribution in [0.4, 0.5) is 8.78 Å². The van der Waals surface area contributed by atoms with E-state index in [0.717, 1.165) is 35.7 Å². The molecule has 0 spiro atoms. The Labute approximate surface area is 217 Å². The zero-order valence-electron chi connectivity index (χ0n) is 19.0. The van der Waals surface area contributed by atoms with Gasteiger partial charge in [0.25, 0.3) is 0 Å². The third-order valence-electron chi connectivity index (χ3n) is 5.99. The van der Waals surface area contributed by atoms with E-state index in [1.807, 2.05) is 55.6 Å². The number of fused-ring (bicyclic) bond motifs is 3. The summed E-state index contributed by atoms with van der Waals surface area (Å²) in [6.45, 7) is 3.05. The molecule has 1 unspecified atom stereocenters. The Bertz CT molecular complexity index is 1340. The maximum atomic E-state index is 13.3. The van der Waals surface area contributed by atoms with Gasteiger partial charge in [-0.15, -0.1) is 23.8 Å². The van der Waals surface area contributed by atoms with Crippen LogP contribution in [-0.4, -0.2) is 16.4 Å². The van der Waals surface area contributed by atoms with E-state index in [4.69, 9.17) is 0 Å². The average molecular weight is 643 g/mol. The number of nitrogens with zero attached hydrogens (tertiary/aromatic N) is 3. The Morgan fingerprint density at radius 2 is 1.89 bits per heavy atom. The van der Waals surface area contributed by atoms with Crippen LogP contribution in [-0.2, 0) is 26.5 Å². The van der Waals surface area contributed by atoms with E-state index in [1.165, 1.54) is 17.2 Å². The molecule has 2 aliphatic heterocycles. The van der Waals surface area contributed by atoms with Crippen molar-refractivity contribution in [3.05, 3.63) is 131 Å². The van der Waals surface area contributed by atoms with Gasteiger partial charge in [0.05, 0.1) is 11.6 Å². The predicted molar refractivity (Wildman–Crippen MR) is 130 cm³/mol. The molecule has 35 heavy (non-hydrogen) atoms. The molecule has 0 radical (unpaired) electrons. The Morgan fingerprint density at radius 3 is 2.69 bits per heavy atom. The van der Waals surface area contributed by atoms with Gasteiger partial charge in [-0.2, -0.15) is 41.6 Å². The number of rotatable bonds is 2. The number of aryl methyl sites for hydroxylation is 1. The van der Waals surface area contributed by atoms with Crippen LogP contribution in [0.3, 0.4) is 0 Å². The first-order valence-electron chi connectivity index (χ1n) is 11.1. The zero-order valence-corrected chi connectivity index (χ0v) is 21.4. The van der Waals surface area contributed by atoms with Crippen molar-refractivity contribution in [1.82, 2.24) is 9.88 Å². The van der Waals surface area contributed by atoms with Gasteiger partial charge in [-0.3, -0.25) is 4.39 Å². The zero-order chi connectivity index (χ0) is 23.5. The van der Waals surface area contributed by atoms with E-state index < -0.39 is 11.6 Å². The van der Waals surface area contributed by atoms with Gasteiger partial charge in [0.15, 0.2) is 0 Å². The van der Waals surface area contributed by atoms with Crippen molar-refractivity contribution >= 4 is 0 Å². The molecule has 1 aromatic heterocycles. The Morgan fingerprint density at radius 1 is 1.06 bits per heavy atom. The van der Waals surface area contributed by atoms with Gasteiger partial charge >= 0.3 is 20.1 Å². The molecule has 3 aromatic carbocycles. The first-order valence-corrected chi connectivity index (χ1v) is 11.1. The monoisotopic (exact) mass is 643 g/mol. The Kier molecular flexibility index (Phi) is 7.74. The fraction of sp³-hybridized carbons (Fsp3) is 0.138. The summed E-state index contributed by atoms with van der Waals surface area (Å²) in [6, 6.07) is 26.2. The Hall–Kier alpha value is -3.34. The summed E-state index contributed by atoms with van der Waals surface area (Å²) in [5.41, 5.74) is 6.74. The van der Waals surface area contributed by atoms with E-state index in [0.29, 0.717) is 11.3 Å². The van der Waals surface area contributed by atoms with Crippen LogP contribution in [0, 0.1) is 30.7 Å². The number of benzene rings is 3. The van der Waals surface area contributed by atoms with Crippen LogP contribution >= 0.6 is 0 Å². The summed E-state index contributed by atoms with van der Waals surface area (Å²) < 4.78 is 26.3. The molecule has 3 nitrogen and oxygen atoms in total. The molecule has 0 saturated heterocycles.